The van der Waals surface area contributed by atoms with E-state index in [2.05, 4.69) is 133 Å². The topological polar surface area (TPSA) is 321 Å². The van der Waals surface area contributed by atoms with Crippen LogP contribution in [0.25, 0.3) is 0 Å². The first kappa shape index (κ1) is 140. The van der Waals surface area contributed by atoms with Crippen LogP contribution in [0.5, 0.6) is 0 Å². The SMILES string of the molecule is CCC(=O)NC.CCCC.CCCC1CCN(C(C)=O)CC1.CCCCC.CCCCCC.CCCCNC(=O)CC.CCCCNC(=O)Cc1ccc(C)cc1.CCCNC(=O)c1ccc(C)cc1.CCCNC(C)=O.CCCNC(C)=O.CCNC(C)=O.CCOC.CCSC.CNC(=O)Cc1ccc(C)cc1.CNC(=O)c1ccc(C)cc1.CNC(C)=O. The standard InChI is InChI=1S/C13H19NO.C11H15NO.C10H13NO.C10H19NO.C9H11NO.C7H15NO.C6H14.2C5H11NO.C5H12.2C4H9NO.C4H10.C3H7NO.C3H8O.C3H8S/c1-3-4-9-14-13(15)10-12-7-5-11(2)6-8-12;1-3-8-12-11(13)10-6-4-9(2)5-7-10;1-8-3-5-9(6-4-8)7-10(12)11-2;1-3-4-10-5-7-11(8-6-10)9(2)12;1-7-3-5-8(6-4-7)9(11)10-2;1-3-5-6-8-7(9)4-2;1-3-5-6-4-2;2*1-3-4-6-5(2)7;1-3-5-4-2;1-3-4(6)5-2;1-3-5-4(2)6;1-3-4-2;1-3(5)4-2;2*1-3-4-2/h5-8H,3-4,9-10H2,1-2H3,(H,14,15);4-7H,3,8H2,1-2H3,(H,12,13);3-6H,7H2,1-2H3,(H,11,12);10H,3-8H2,1-2H3;3-6H,1-2H3,(H,10,11);3-6H2,1-2H3,(H,8,9);3-6H2,1-2H3;2*3-4H2,1-2H3,(H,6,7);3-5H2,1-2H3;2*3H2,1-2H3,(H,5,6);3-4H2,1-2H3;1-2H3,(H,4,5);2*3H2,1-2H3. The Morgan fingerprint density at radius 1 is 0.349 bits per heavy atom. The molecule has 0 bridgehead atoms. The molecule has 1 fully saturated rings. The minimum Gasteiger partial charge on any atom is -0.385 e. The molecule has 11 amide bonds. The van der Waals surface area contributed by atoms with Crippen LogP contribution in [0.15, 0.2) is 97.1 Å². The first-order chi connectivity index (χ1) is 59.9. The number of carbonyl (C=O) groups is 11. The zero-order valence-corrected chi connectivity index (χ0v) is 86.9. The lowest BCUT2D eigenvalue weighted by molar-refractivity contribution is -0.130. The van der Waals surface area contributed by atoms with Gasteiger partial charge >= 0.3 is 0 Å². The number of unbranched alkanes of at least 4 members (excludes halogenated alkanes) is 8. The van der Waals surface area contributed by atoms with Crippen LogP contribution in [-0.4, -0.2) is 176 Å². The lowest BCUT2D eigenvalue weighted by Crippen LogP contribution is -2.36. The minimum atomic E-state index is -0.0370. The average molecular weight is 1800 g/mol. The van der Waals surface area contributed by atoms with E-state index in [0.717, 1.165) is 132 Å². The maximum absolute atomic E-state index is 11.5. The number of methoxy groups -OCH3 is 1. The first-order valence-electron chi connectivity index (χ1n) is 46.8. The van der Waals surface area contributed by atoms with E-state index < -0.39 is 0 Å². The van der Waals surface area contributed by atoms with Crippen molar-refractivity contribution in [1.29, 1.82) is 0 Å². The summed E-state index contributed by atoms with van der Waals surface area (Å²) >= 11 is 1.86. The molecule has 0 aromatic heterocycles. The second-order valence-corrected chi connectivity index (χ2v) is 30.3. The molecule has 0 aliphatic carbocycles. The van der Waals surface area contributed by atoms with E-state index in [4.69, 9.17) is 0 Å². The van der Waals surface area contributed by atoms with E-state index in [1.807, 2.05) is 190 Å². The van der Waals surface area contributed by atoms with E-state index in [1.54, 1.807) is 42.2 Å². The molecule has 5 rings (SSSR count). The van der Waals surface area contributed by atoms with E-state index in [1.165, 1.54) is 134 Å². The number of aryl methyl sites for hydroxylation is 4. The molecule has 0 radical (unpaired) electrons. The highest BCUT2D eigenvalue weighted by atomic mass is 32.2. The van der Waals surface area contributed by atoms with E-state index in [9.17, 15) is 52.7 Å². The van der Waals surface area contributed by atoms with Crippen LogP contribution < -0.4 is 53.2 Å². The number of ether oxygens (including phenoxy) is 1. The van der Waals surface area contributed by atoms with Gasteiger partial charge in [-0.25, -0.2) is 0 Å². The molecule has 1 heterocycles. The summed E-state index contributed by atoms with van der Waals surface area (Å²) in [5.74, 6) is 2.92. The van der Waals surface area contributed by atoms with Crippen molar-refractivity contribution in [2.24, 2.45) is 5.92 Å². The van der Waals surface area contributed by atoms with E-state index in [-0.39, 0.29) is 65.0 Å². The fourth-order valence-corrected chi connectivity index (χ4v) is 8.59. The van der Waals surface area contributed by atoms with Crippen molar-refractivity contribution < 1.29 is 57.5 Å². The van der Waals surface area contributed by atoms with Gasteiger partial charge in [-0.3, -0.25) is 52.7 Å². The molecule has 1 aliphatic heterocycles. The predicted octanol–water partition coefficient (Wildman–Crippen LogP) is 20.3. The molecule has 0 spiro atoms. The lowest BCUT2D eigenvalue weighted by Gasteiger charge is -2.31. The molecule has 1 aliphatic rings. The summed E-state index contributed by atoms with van der Waals surface area (Å²) in [6.07, 6.45) is 28.9. The van der Waals surface area contributed by atoms with Gasteiger partial charge in [0.25, 0.3) is 11.8 Å². The zero-order valence-electron chi connectivity index (χ0n) is 86.1. The van der Waals surface area contributed by atoms with Gasteiger partial charge in [0.05, 0.1) is 12.8 Å². The Morgan fingerprint density at radius 3 is 0.889 bits per heavy atom. The van der Waals surface area contributed by atoms with Crippen molar-refractivity contribution in [3.05, 3.63) is 142 Å². The second kappa shape index (κ2) is 114. The molecule has 24 heteroatoms. The largest absolute Gasteiger partial charge is 0.385 e. The van der Waals surface area contributed by atoms with Gasteiger partial charge in [-0.15, -0.1) is 0 Å². The molecule has 4 aromatic rings. The number of thioether (sulfide) groups is 1. The quantitative estimate of drug-likeness (QED) is 0.0210. The number of nitrogens with zero attached hydrogens (tertiary/aromatic N) is 1. The van der Waals surface area contributed by atoms with E-state index >= 15 is 0 Å². The molecule has 126 heavy (non-hydrogen) atoms. The summed E-state index contributed by atoms with van der Waals surface area (Å²) < 4.78 is 4.54. The summed E-state index contributed by atoms with van der Waals surface area (Å²) in [6, 6.07) is 31.1. The van der Waals surface area contributed by atoms with Crippen molar-refractivity contribution in [1.82, 2.24) is 58.1 Å². The molecule has 10 N–H and O–H groups in total. The number of carbonyl (C=O) groups excluding carboxylic acids is 11. The van der Waals surface area contributed by atoms with Gasteiger partial charge in [0.2, 0.25) is 53.2 Å². The predicted molar refractivity (Wildman–Crippen MR) is 542 cm³/mol. The third-order valence-corrected chi connectivity index (χ3v) is 17.4. The maximum Gasteiger partial charge on any atom is 0.251 e. The third kappa shape index (κ3) is 126. The van der Waals surface area contributed by atoms with Crippen LogP contribution >= 0.6 is 11.8 Å². The van der Waals surface area contributed by atoms with Crippen LogP contribution in [0.1, 0.15) is 348 Å². The summed E-state index contributed by atoms with van der Waals surface area (Å²) in [7, 11) is 8.19. The number of amides is 11. The first-order valence-corrected chi connectivity index (χ1v) is 48.2. The van der Waals surface area contributed by atoms with Crippen LogP contribution in [0.3, 0.4) is 0 Å². The number of likely N-dealkylation sites (N-methyl/N-ethyl adjacent to an activating group) is 1. The Hall–Kier alpha value is -8.64. The summed E-state index contributed by atoms with van der Waals surface area (Å²) in [5, 5.41) is 26.4. The number of likely N-dealkylation sites (tertiary alicyclic amines) is 1. The molecular formula is C102H191N11O12S. The normalized spacial score (nSPS) is 9.83. The molecular weight excluding hydrogens is 1600 g/mol. The van der Waals surface area contributed by atoms with Gasteiger partial charge in [0, 0.05) is 153 Å². The second-order valence-electron chi connectivity index (χ2n) is 29.2. The van der Waals surface area contributed by atoms with Gasteiger partial charge in [-0.1, -0.05) is 282 Å². The van der Waals surface area contributed by atoms with Gasteiger partial charge in [0.1, 0.15) is 0 Å². The molecule has 0 saturated carbocycles. The van der Waals surface area contributed by atoms with Gasteiger partial charge in [-0.2, -0.15) is 11.8 Å². The fraction of sp³-hybridized carbons (Fsp3) is 0.657. The Labute approximate surface area is 775 Å². The van der Waals surface area contributed by atoms with Crippen LogP contribution in [0.4, 0.5) is 0 Å². The van der Waals surface area contributed by atoms with Crippen molar-refractivity contribution in [2.45, 2.75) is 334 Å². The van der Waals surface area contributed by atoms with Crippen molar-refractivity contribution >= 4 is 76.7 Å². The van der Waals surface area contributed by atoms with Gasteiger partial charge in [-0.05, 0) is 140 Å². The van der Waals surface area contributed by atoms with Gasteiger partial charge < -0.3 is 62.8 Å². The summed E-state index contributed by atoms with van der Waals surface area (Å²) in [5.41, 5.74) is 8.36. The molecule has 1 saturated heterocycles. The van der Waals surface area contributed by atoms with Crippen molar-refractivity contribution in [3.8, 4) is 0 Å². The van der Waals surface area contributed by atoms with Crippen molar-refractivity contribution in [3.63, 3.8) is 0 Å². The highest BCUT2D eigenvalue weighted by molar-refractivity contribution is 7.98. The maximum atomic E-state index is 11.5. The lowest BCUT2D eigenvalue weighted by atomic mass is 9.92. The number of piperidine rings is 1. The molecule has 4 aromatic carbocycles. The summed E-state index contributed by atoms with van der Waals surface area (Å²) in [6.45, 7) is 58.7. The van der Waals surface area contributed by atoms with Crippen LogP contribution in [-0.2, 0) is 60.7 Å². The minimum absolute atomic E-state index is 0.00463. The highest BCUT2D eigenvalue weighted by Crippen LogP contribution is 2.21. The zero-order chi connectivity index (χ0) is 99.0. The number of benzene rings is 4. The highest BCUT2D eigenvalue weighted by Gasteiger charge is 2.19. The Balaban J connectivity index is -0.000000127. The van der Waals surface area contributed by atoms with E-state index in [0.29, 0.717) is 31.2 Å². The number of hydrogen-bond donors (Lipinski definition) is 10. The van der Waals surface area contributed by atoms with Gasteiger partial charge in [0.15, 0.2) is 0 Å². The molecule has 23 nitrogen and oxygen atoms in total. The van der Waals surface area contributed by atoms with Crippen molar-refractivity contribution in [2.75, 3.05) is 106 Å². The molecule has 0 atom stereocenters. The fourth-order valence-electron chi connectivity index (χ4n) is 8.59. The number of rotatable bonds is 31. The Bertz CT molecular complexity index is 3040. The average Bonchev–Trinajstić information content (AvgIpc) is 0.888. The van der Waals surface area contributed by atoms with Crippen LogP contribution in [0, 0.1) is 33.6 Å². The summed E-state index contributed by atoms with van der Waals surface area (Å²) in [4.78, 5) is 118. The molecule has 732 valence electrons. The smallest absolute Gasteiger partial charge is 0.251 e. The Kier molecular flexibility index (Phi) is 127. The number of hydrogen-bond acceptors (Lipinski definition) is 13. The number of nitrogens with one attached hydrogen (secondary N) is 10. The Morgan fingerprint density at radius 2 is 0.667 bits per heavy atom. The third-order valence-electron chi connectivity index (χ3n) is 16.8. The molecule has 0 unspecified atom stereocenters. The monoisotopic (exact) mass is 1790 g/mol. The van der Waals surface area contributed by atoms with Crippen LogP contribution in [0.2, 0.25) is 0 Å².